The number of hydrogen-bond acceptors (Lipinski definition) is 4. The summed E-state index contributed by atoms with van der Waals surface area (Å²) in [7, 11) is 1.65. The number of aliphatic hydroxyl groups is 1. The molecule has 0 amide bonds. The SMILES string of the molecule is COc1cc2c(cc1N)CCN(CCO)CC2. The molecule has 0 saturated heterocycles. The highest BCUT2D eigenvalue weighted by molar-refractivity contribution is 5.57. The van der Waals surface area contributed by atoms with E-state index in [1.165, 1.54) is 11.1 Å². The number of aliphatic hydroxyl groups excluding tert-OH is 1. The molecule has 1 aromatic carbocycles. The van der Waals surface area contributed by atoms with Crippen molar-refractivity contribution in [3.8, 4) is 5.75 Å². The van der Waals surface area contributed by atoms with Crippen LogP contribution in [-0.2, 0) is 12.8 Å². The van der Waals surface area contributed by atoms with Gasteiger partial charge in [-0.05, 0) is 36.1 Å². The molecule has 1 aliphatic rings. The molecule has 94 valence electrons. The quantitative estimate of drug-likeness (QED) is 0.757. The van der Waals surface area contributed by atoms with Crippen LogP contribution in [0.1, 0.15) is 11.1 Å². The van der Waals surface area contributed by atoms with Crippen LogP contribution in [0.2, 0.25) is 0 Å². The molecule has 1 aliphatic heterocycles. The van der Waals surface area contributed by atoms with Gasteiger partial charge in [-0.3, -0.25) is 0 Å². The number of β-amino-alcohol motifs (C(OH)–C–C–N with tert-alkyl or cyclic N) is 1. The molecule has 0 radical (unpaired) electrons. The van der Waals surface area contributed by atoms with Crippen LogP contribution >= 0.6 is 0 Å². The second-order valence-corrected chi connectivity index (χ2v) is 4.43. The Balaban J connectivity index is 2.19. The second kappa shape index (κ2) is 5.38. The minimum atomic E-state index is 0.224. The fourth-order valence-electron chi connectivity index (χ4n) is 2.36. The zero-order valence-electron chi connectivity index (χ0n) is 10.3. The lowest BCUT2D eigenvalue weighted by Gasteiger charge is -2.17. The van der Waals surface area contributed by atoms with Crippen LogP contribution in [0.3, 0.4) is 0 Å². The molecule has 0 aliphatic carbocycles. The van der Waals surface area contributed by atoms with Gasteiger partial charge in [0.2, 0.25) is 0 Å². The molecule has 1 aromatic rings. The standard InChI is InChI=1S/C13H20N2O2/c1-17-13-9-11-3-5-15(6-7-16)4-2-10(11)8-12(13)14/h8-9,16H,2-7,14H2,1H3. The van der Waals surface area contributed by atoms with Crippen molar-refractivity contribution < 1.29 is 9.84 Å². The van der Waals surface area contributed by atoms with Crippen molar-refractivity contribution >= 4 is 5.69 Å². The summed E-state index contributed by atoms with van der Waals surface area (Å²) in [5.74, 6) is 0.763. The van der Waals surface area contributed by atoms with E-state index in [4.69, 9.17) is 15.6 Å². The van der Waals surface area contributed by atoms with Crippen molar-refractivity contribution in [3.63, 3.8) is 0 Å². The summed E-state index contributed by atoms with van der Waals surface area (Å²) >= 11 is 0. The number of hydrogen-bond donors (Lipinski definition) is 2. The second-order valence-electron chi connectivity index (χ2n) is 4.43. The van der Waals surface area contributed by atoms with Gasteiger partial charge in [0, 0.05) is 19.6 Å². The first-order valence-electron chi connectivity index (χ1n) is 6.03. The van der Waals surface area contributed by atoms with Crippen LogP contribution in [0.25, 0.3) is 0 Å². The first kappa shape index (κ1) is 12.2. The van der Waals surface area contributed by atoms with Crippen LogP contribution in [0.5, 0.6) is 5.75 Å². The van der Waals surface area contributed by atoms with E-state index >= 15 is 0 Å². The summed E-state index contributed by atoms with van der Waals surface area (Å²) in [5, 5.41) is 8.97. The molecule has 0 bridgehead atoms. The van der Waals surface area contributed by atoms with Crippen molar-refractivity contribution in [3.05, 3.63) is 23.3 Å². The Kier molecular flexibility index (Phi) is 3.86. The van der Waals surface area contributed by atoms with Gasteiger partial charge >= 0.3 is 0 Å². The Labute approximate surface area is 102 Å². The number of nitrogen functional groups attached to an aromatic ring is 1. The lowest BCUT2D eigenvalue weighted by atomic mass is 10.0. The third-order valence-corrected chi connectivity index (χ3v) is 3.36. The fourth-order valence-corrected chi connectivity index (χ4v) is 2.36. The van der Waals surface area contributed by atoms with Gasteiger partial charge in [0.15, 0.2) is 0 Å². The molecule has 2 rings (SSSR count). The maximum atomic E-state index is 8.97. The zero-order valence-corrected chi connectivity index (χ0v) is 10.3. The van der Waals surface area contributed by atoms with Gasteiger partial charge in [0.05, 0.1) is 19.4 Å². The highest BCUT2D eigenvalue weighted by Gasteiger charge is 2.15. The number of fused-ring (bicyclic) bond motifs is 1. The highest BCUT2D eigenvalue weighted by Crippen LogP contribution is 2.28. The molecule has 0 atom stereocenters. The van der Waals surface area contributed by atoms with E-state index in [0.717, 1.165) is 38.2 Å². The van der Waals surface area contributed by atoms with E-state index in [0.29, 0.717) is 5.69 Å². The van der Waals surface area contributed by atoms with Crippen LogP contribution in [-0.4, -0.2) is 43.4 Å². The first-order valence-corrected chi connectivity index (χ1v) is 6.03. The summed E-state index contributed by atoms with van der Waals surface area (Å²) in [6.07, 6.45) is 1.98. The minimum absolute atomic E-state index is 0.224. The Morgan fingerprint density at radius 1 is 1.29 bits per heavy atom. The molecule has 17 heavy (non-hydrogen) atoms. The van der Waals surface area contributed by atoms with Gasteiger partial charge in [-0.1, -0.05) is 0 Å². The number of ether oxygens (including phenoxy) is 1. The molecule has 0 saturated carbocycles. The fraction of sp³-hybridized carbons (Fsp3) is 0.538. The maximum Gasteiger partial charge on any atom is 0.142 e. The largest absolute Gasteiger partial charge is 0.495 e. The Bertz CT molecular complexity index is 393. The van der Waals surface area contributed by atoms with Crippen molar-refractivity contribution in [1.82, 2.24) is 4.90 Å². The Morgan fingerprint density at radius 3 is 2.53 bits per heavy atom. The summed E-state index contributed by atoms with van der Waals surface area (Å²) < 4.78 is 5.25. The molecule has 0 spiro atoms. The number of anilines is 1. The summed E-state index contributed by atoms with van der Waals surface area (Å²) in [4.78, 5) is 2.28. The van der Waals surface area contributed by atoms with Crippen LogP contribution in [0.4, 0.5) is 5.69 Å². The molecule has 1 heterocycles. The van der Waals surface area contributed by atoms with Crippen molar-refractivity contribution in [2.45, 2.75) is 12.8 Å². The molecule has 3 N–H and O–H groups in total. The lowest BCUT2D eigenvalue weighted by molar-refractivity contribution is 0.201. The van der Waals surface area contributed by atoms with Crippen molar-refractivity contribution in [2.75, 3.05) is 39.1 Å². The molecule has 4 heteroatoms. The zero-order chi connectivity index (χ0) is 12.3. The van der Waals surface area contributed by atoms with E-state index in [2.05, 4.69) is 4.90 Å². The number of methoxy groups -OCH3 is 1. The third kappa shape index (κ3) is 2.70. The minimum Gasteiger partial charge on any atom is -0.495 e. The summed E-state index contributed by atoms with van der Waals surface area (Å²) in [5.41, 5.74) is 9.26. The van der Waals surface area contributed by atoms with Crippen LogP contribution in [0.15, 0.2) is 12.1 Å². The Morgan fingerprint density at radius 2 is 1.94 bits per heavy atom. The van der Waals surface area contributed by atoms with Crippen LogP contribution in [0, 0.1) is 0 Å². The molecular weight excluding hydrogens is 216 g/mol. The molecule has 0 fully saturated rings. The van der Waals surface area contributed by atoms with Gasteiger partial charge in [-0.25, -0.2) is 0 Å². The molecule has 0 unspecified atom stereocenters. The van der Waals surface area contributed by atoms with Crippen molar-refractivity contribution in [1.29, 1.82) is 0 Å². The lowest BCUT2D eigenvalue weighted by Crippen LogP contribution is -2.29. The summed E-state index contributed by atoms with van der Waals surface area (Å²) in [6.45, 7) is 2.95. The molecular formula is C13H20N2O2. The smallest absolute Gasteiger partial charge is 0.142 e. The molecule has 0 aromatic heterocycles. The van der Waals surface area contributed by atoms with Crippen LogP contribution < -0.4 is 10.5 Å². The Hall–Kier alpha value is -1.26. The third-order valence-electron chi connectivity index (χ3n) is 3.36. The maximum absolute atomic E-state index is 8.97. The van der Waals surface area contributed by atoms with E-state index in [1.54, 1.807) is 7.11 Å². The highest BCUT2D eigenvalue weighted by atomic mass is 16.5. The van der Waals surface area contributed by atoms with E-state index in [1.807, 2.05) is 12.1 Å². The van der Waals surface area contributed by atoms with Gasteiger partial charge in [-0.15, -0.1) is 0 Å². The van der Waals surface area contributed by atoms with E-state index in [-0.39, 0.29) is 6.61 Å². The van der Waals surface area contributed by atoms with Crippen molar-refractivity contribution in [2.24, 2.45) is 0 Å². The topological polar surface area (TPSA) is 58.7 Å². The van der Waals surface area contributed by atoms with E-state index < -0.39 is 0 Å². The average Bonchev–Trinajstić information content (AvgIpc) is 2.52. The number of nitrogens with two attached hydrogens (primary N) is 1. The van der Waals surface area contributed by atoms with Gasteiger partial charge < -0.3 is 20.5 Å². The number of rotatable bonds is 3. The monoisotopic (exact) mass is 236 g/mol. The van der Waals surface area contributed by atoms with Gasteiger partial charge in [0.25, 0.3) is 0 Å². The molecule has 4 nitrogen and oxygen atoms in total. The number of nitrogens with zero attached hydrogens (tertiary/aromatic N) is 1. The summed E-state index contributed by atoms with van der Waals surface area (Å²) in [6, 6.07) is 4.07. The first-order chi connectivity index (χ1) is 8.24. The van der Waals surface area contributed by atoms with Gasteiger partial charge in [0.1, 0.15) is 5.75 Å². The van der Waals surface area contributed by atoms with E-state index in [9.17, 15) is 0 Å². The van der Waals surface area contributed by atoms with Gasteiger partial charge in [-0.2, -0.15) is 0 Å². The average molecular weight is 236 g/mol. The number of benzene rings is 1. The predicted molar refractivity (Wildman–Crippen MR) is 68.3 cm³/mol. The predicted octanol–water partition coefficient (Wildman–Crippen LogP) is 0.670. The normalized spacial score (nSPS) is 16.4.